The Balaban J connectivity index is 0.00000169. The molecular formula is C19H28IN3O. The van der Waals surface area contributed by atoms with E-state index in [1.807, 2.05) is 7.05 Å². The molecule has 1 heterocycles. The molecule has 2 saturated carbocycles. The van der Waals surface area contributed by atoms with Crippen molar-refractivity contribution < 1.29 is 4.74 Å². The van der Waals surface area contributed by atoms with Gasteiger partial charge in [-0.2, -0.15) is 0 Å². The summed E-state index contributed by atoms with van der Waals surface area (Å²) in [5.41, 5.74) is 2.98. The molecule has 5 heteroatoms. The molecule has 3 fully saturated rings. The third-order valence-electron chi connectivity index (χ3n) is 6.09. The molecule has 0 amide bonds. The summed E-state index contributed by atoms with van der Waals surface area (Å²) >= 11 is 0. The number of ether oxygens (including phenoxy) is 1. The van der Waals surface area contributed by atoms with Crippen LogP contribution in [0.1, 0.15) is 36.8 Å². The first-order valence-corrected chi connectivity index (χ1v) is 8.87. The van der Waals surface area contributed by atoms with E-state index in [2.05, 4.69) is 46.8 Å². The van der Waals surface area contributed by atoms with Gasteiger partial charge < -0.3 is 15.4 Å². The second-order valence-corrected chi connectivity index (χ2v) is 7.37. The van der Waals surface area contributed by atoms with Crippen LogP contribution in [-0.2, 0) is 11.3 Å². The summed E-state index contributed by atoms with van der Waals surface area (Å²) in [4.78, 5) is 4.44. The lowest BCUT2D eigenvalue weighted by Gasteiger charge is -2.63. The Hall–Kier alpha value is -0.820. The molecule has 1 aliphatic heterocycles. The monoisotopic (exact) mass is 441 g/mol. The number of aliphatic imine (C=N–C) groups is 1. The van der Waals surface area contributed by atoms with Crippen LogP contribution in [0.15, 0.2) is 29.3 Å². The fraction of sp³-hybridized carbons (Fsp3) is 0.632. The lowest BCUT2D eigenvalue weighted by atomic mass is 9.46. The van der Waals surface area contributed by atoms with Gasteiger partial charge in [0.1, 0.15) is 0 Å². The average molecular weight is 441 g/mol. The van der Waals surface area contributed by atoms with Crippen LogP contribution in [-0.4, -0.2) is 31.8 Å². The van der Waals surface area contributed by atoms with Crippen LogP contribution in [0.5, 0.6) is 0 Å². The Morgan fingerprint density at radius 3 is 2.88 bits per heavy atom. The van der Waals surface area contributed by atoms with Gasteiger partial charge in [-0.15, -0.1) is 24.0 Å². The predicted molar refractivity (Wildman–Crippen MR) is 108 cm³/mol. The fourth-order valence-corrected chi connectivity index (χ4v) is 4.81. The number of guanidine groups is 1. The van der Waals surface area contributed by atoms with Crippen LogP contribution in [0.3, 0.4) is 0 Å². The van der Waals surface area contributed by atoms with Crippen molar-refractivity contribution in [1.29, 1.82) is 0 Å². The fourth-order valence-electron chi connectivity index (χ4n) is 4.81. The summed E-state index contributed by atoms with van der Waals surface area (Å²) in [6, 6.07) is 9.15. The number of aryl methyl sites for hydroxylation is 1. The number of nitrogens with zero attached hydrogens (tertiary/aromatic N) is 1. The Morgan fingerprint density at radius 2 is 2.21 bits per heavy atom. The molecule has 0 aromatic heterocycles. The van der Waals surface area contributed by atoms with Gasteiger partial charge in [-0.3, -0.25) is 4.99 Å². The molecule has 132 valence electrons. The molecule has 1 saturated heterocycles. The smallest absolute Gasteiger partial charge is 0.191 e. The zero-order valence-electron chi connectivity index (χ0n) is 14.5. The van der Waals surface area contributed by atoms with Crippen LogP contribution in [0, 0.1) is 18.3 Å². The standard InChI is InChI=1S/C19H27N3O.HI/c1-13-5-3-6-14(11-13)12-21-18(20-2)22-16-15-7-10-23-17(15)19(16)8-4-9-19;/h3,5-6,11,15-17H,4,7-10,12H2,1-2H3,(H2,20,21,22);1H. The number of nitrogens with one attached hydrogen (secondary N) is 2. The number of benzene rings is 1. The minimum atomic E-state index is 0. The zero-order chi connectivity index (χ0) is 15.9. The van der Waals surface area contributed by atoms with E-state index in [-0.39, 0.29) is 24.0 Å². The quantitative estimate of drug-likeness (QED) is 0.430. The highest BCUT2D eigenvalue weighted by Gasteiger charge is 2.66. The van der Waals surface area contributed by atoms with Crippen LogP contribution < -0.4 is 10.6 Å². The van der Waals surface area contributed by atoms with Crippen LogP contribution in [0.4, 0.5) is 0 Å². The van der Waals surface area contributed by atoms with Crippen LogP contribution in [0.2, 0.25) is 0 Å². The van der Waals surface area contributed by atoms with Crippen molar-refractivity contribution in [2.24, 2.45) is 16.3 Å². The van der Waals surface area contributed by atoms with E-state index in [1.54, 1.807) is 0 Å². The van der Waals surface area contributed by atoms with Gasteiger partial charge >= 0.3 is 0 Å². The third kappa shape index (κ3) is 2.94. The summed E-state index contributed by atoms with van der Waals surface area (Å²) in [5, 5.41) is 7.19. The minimum absolute atomic E-state index is 0. The van der Waals surface area contributed by atoms with Gasteiger partial charge in [0.25, 0.3) is 0 Å². The molecule has 2 aliphatic carbocycles. The van der Waals surface area contributed by atoms with Crippen molar-refractivity contribution in [3.8, 4) is 0 Å². The van der Waals surface area contributed by atoms with Gasteiger partial charge in [-0.05, 0) is 31.7 Å². The molecule has 3 atom stereocenters. The molecule has 24 heavy (non-hydrogen) atoms. The largest absolute Gasteiger partial charge is 0.377 e. The number of hydrogen-bond donors (Lipinski definition) is 2. The SMILES string of the molecule is CN=C(NCc1cccc(C)c1)NC1C2CCOC2C12CCC2.I. The first-order chi connectivity index (χ1) is 11.2. The molecule has 1 aromatic rings. The maximum absolute atomic E-state index is 6.00. The second-order valence-electron chi connectivity index (χ2n) is 7.37. The molecule has 0 radical (unpaired) electrons. The highest BCUT2D eigenvalue weighted by atomic mass is 127. The maximum atomic E-state index is 6.00. The number of hydrogen-bond acceptors (Lipinski definition) is 2. The van der Waals surface area contributed by atoms with Crippen LogP contribution in [0.25, 0.3) is 0 Å². The molecule has 2 N–H and O–H groups in total. The molecule has 1 spiro atoms. The van der Waals surface area contributed by atoms with Crippen molar-refractivity contribution in [3.63, 3.8) is 0 Å². The van der Waals surface area contributed by atoms with E-state index >= 15 is 0 Å². The Morgan fingerprint density at radius 1 is 1.38 bits per heavy atom. The lowest BCUT2D eigenvalue weighted by molar-refractivity contribution is -0.171. The minimum Gasteiger partial charge on any atom is -0.377 e. The molecule has 1 aromatic carbocycles. The highest BCUT2D eigenvalue weighted by molar-refractivity contribution is 14.0. The summed E-state index contributed by atoms with van der Waals surface area (Å²) < 4.78 is 6.00. The van der Waals surface area contributed by atoms with E-state index < -0.39 is 0 Å². The number of rotatable bonds is 3. The normalized spacial score (nSPS) is 29.9. The predicted octanol–water partition coefficient (Wildman–Crippen LogP) is 3.24. The molecule has 3 aliphatic rings. The summed E-state index contributed by atoms with van der Waals surface area (Å²) in [7, 11) is 1.86. The first kappa shape index (κ1) is 18.0. The van der Waals surface area contributed by atoms with Gasteiger partial charge in [-0.1, -0.05) is 36.2 Å². The molecule has 3 unspecified atom stereocenters. The van der Waals surface area contributed by atoms with E-state index in [0.717, 1.165) is 19.1 Å². The van der Waals surface area contributed by atoms with Gasteiger partial charge in [0, 0.05) is 37.6 Å². The van der Waals surface area contributed by atoms with Gasteiger partial charge in [0.2, 0.25) is 0 Å². The van der Waals surface area contributed by atoms with Gasteiger partial charge in [0.15, 0.2) is 5.96 Å². The van der Waals surface area contributed by atoms with Crippen molar-refractivity contribution in [1.82, 2.24) is 10.6 Å². The van der Waals surface area contributed by atoms with Crippen molar-refractivity contribution >= 4 is 29.9 Å². The van der Waals surface area contributed by atoms with E-state index in [4.69, 9.17) is 4.74 Å². The number of fused-ring (bicyclic) bond motifs is 2. The van der Waals surface area contributed by atoms with E-state index in [0.29, 0.717) is 23.5 Å². The molecular weight excluding hydrogens is 413 g/mol. The topological polar surface area (TPSA) is 45.7 Å². The molecule has 4 rings (SSSR count). The average Bonchev–Trinajstić information content (AvgIpc) is 2.91. The van der Waals surface area contributed by atoms with Crippen LogP contribution >= 0.6 is 24.0 Å². The second kappa shape index (κ2) is 7.20. The molecule has 4 nitrogen and oxygen atoms in total. The van der Waals surface area contributed by atoms with E-state index in [9.17, 15) is 0 Å². The molecule has 0 bridgehead atoms. The van der Waals surface area contributed by atoms with Crippen molar-refractivity contribution in [3.05, 3.63) is 35.4 Å². The highest BCUT2D eigenvalue weighted by Crippen LogP contribution is 2.62. The summed E-state index contributed by atoms with van der Waals surface area (Å²) in [6.07, 6.45) is 5.66. The summed E-state index contributed by atoms with van der Waals surface area (Å²) in [5.74, 6) is 1.60. The number of halogens is 1. The first-order valence-electron chi connectivity index (χ1n) is 8.87. The van der Waals surface area contributed by atoms with Gasteiger partial charge in [-0.25, -0.2) is 0 Å². The third-order valence-corrected chi connectivity index (χ3v) is 6.09. The van der Waals surface area contributed by atoms with Gasteiger partial charge in [0.05, 0.1) is 6.10 Å². The Kier molecular flexibility index (Phi) is 5.39. The van der Waals surface area contributed by atoms with Crippen molar-refractivity contribution in [2.45, 2.75) is 51.3 Å². The maximum Gasteiger partial charge on any atom is 0.191 e. The van der Waals surface area contributed by atoms with Crippen molar-refractivity contribution in [2.75, 3.05) is 13.7 Å². The zero-order valence-corrected chi connectivity index (χ0v) is 16.9. The Bertz CT molecular complexity index is 614. The lowest BCUT2D eigenvalue weighted by Crippen LogP contribution is -2.72. The Labute approximate surface area is 161 Å². The summed E-state index contributed by atoms with van der Waals surface area (Å²) in [6.45, 7) is 3.88. The van der Waals surface area contributed by atoms with E-state index in [1.165, 1.54) is 36.8 Å².